The lowest BCUT2D eigenvalue weighted by Crippen LogP contribution is -2.67. The van der Waals surface area contributed by atoms with Gasteiger partial charge in [-0.1, -0.05) is 155 Å². The Kier molecular flexibility index (Phi) is 16.4. The van der Waals surface area contributed by atoms with Crippen molar-refractivity contribution < 1.29 is 32.9 Å². The first-order valence-corrected chi connectivity index (χ1v) is 27.4. The summed E-state index contributed by atoms with van der Waals surface area (Å²) in [5.74, 6) is -0.313. The molecule has 0 N–H and O–H groups in total. The smallest absolute Gasteiger partial charge is 0.338 e. The fraction of sp³-hybridized carbons (Fsp3) is 0.442. The van der Waals surface area contributed by atoms with Crippen LogP contribution in [0.3, 0.4) is 0 Å². The molecule has 328 valence electrons. The first-order valence-electron chi connectivity index (χ1n) is 21.8. The van der Waals surface area contributed by atoms with Crippen molar-refractivity contribution in [2.45, 2.75) is 136 Å². The van der Waals surface area contributed by atoms with Crippen LogP contribution in [0, 0.1) is 13.8 Å². The number of benzene rings is 4. The molecule has 0 saturated carbocycles. The van der Waals surface area contributed by atoms with Crippen molar-refractivity contribution in [2.24, 2.45) is 0 Å². The van der Waals surface area contributed by atoms with Crippen molar-refractivity contribution in [1.82, 2.24) is 0 Å². The molecule has 1 aliphatic rings. The predicted molar refractivity (Wildman–Crippen MR) is 255 cm³/mol. The third kappa shape index (κ3) is 13.0. The monoisotopic (exact) mass is 862 g/mol. The topological polar surface area (TPSA) is 72.5 Å². The molecular weight excluding hydrogens is 793 g/mol. The number of esters is 1. The molecule has 7 nitrogen and oxygen atoms in total. The van der Waals surface area contributed by atoms with E-state index in [-0.39, 0.29) is 23.2 Å². The molecular formula is C52H70O7Si2. The fourth-order valence-electron chi connectivity index (χ4n) is 8.21. The molecule has 1 aliphatic heterocycles. The zero-order valence-electron chi connectivity index (χ0n) is 38.7. The van der Waals surface area contributed by atoms with Crippen LogP contribution in [0.1, 0.15) is 87.0 Å². The van der Waals surface area contributed by atoms with Gasteiger partial charge >= 0.3 is 5.97 Å². The molecule has 4 aromatic rings. The van der Waals surface area contributed by atoms with Crippen LogP contribution in [0.4, 0.5) is 0 Å². The lowest BCUT2D eigenvalue weighted by molar-refractivity contribution is -0.156. The molecule has 1 unspecified atom stereocenters. The summed E-state index contributed by atoms with van der Waals surface area (Å²) in [4.78, 5) is 13.4. The highest BCUT2D eigenvalue weighted by Crippen LogP contribution is 2.38. The number of ether oxygens (including phenoxy) is 5. The van der Waals surface area contributed by atoms with E-state index >= 15 is 0 Å². The van der Waals surface area contributed by atoms with E-state index < -0.39 is 34.4 Å². The van der Waals surface area contributed by atoms with Crippen molar-refractivity contribution in [3.05, 3.63) is 143 Å². The van der Waals surface area contributed by atoms with E-state index in [1.807, 2.05) is 63.2 Å². The van der Waals surface area contributed by atoms with Gasteiger partial charge in [0, 0.05) is 14.2 Å². The first kappa shape index (κ1) is 47.9. The summed E-state index contributed by atoms with van der Waals surface area (Å²) < 4.78 is 38.6. The average molecular weight is 863 g/mol. The Bertz CT molecular complexity index is 2030. The first-order chi connectivity index (χ1) is 28.8. The van der Waals surface area contributed by atoms with Crippen LogP contribution < -0.4 is 15.1 Å². The molecule has 1 heterocycles. The lowest BCUT2D eigenvalue weighted by atomic mass is 9.97. The summed E-state index contributed by atoms with van der Waals surface area (Å²) in [5.41, 5.74) is 4.46. The second-order valence-corrected chi connectivity index (χ2v) is 29.0. The molecule has 0 aromatic heterocycles. The SMILES string of the molecule is COc1ccc(COC(/C=C\C[C@H](C)O[Si](c2ccccc2)(c2ccccc2)C(C)(C)C)[C@H]2OC(C)(C)O[C@H]2C/C=C/c2cc(C)cc(C)c2C(=O)OCC[Si](C)(C)C)cc1. The molecule has 1 fully saturated rings. The minimum atomic E-state index is -2.74. The van der Waals surface area contributed by atoms with Gasteiger partial charge in [0.1, 0.15) is 18.0 Å². The Balaban J connectivity index is 1.40. The number of hydrogen-bond donors (Lipinski definition) is 0. The minimum absolute atomic E-state index is 0.0880. The lowest BCUT2D eigenvalue weighted by Gasteiger charge is -2.44. The maximum absolute atomic E-state index is 13.4. The third-order valence-electron chi connectivity index (χ3n) is 11.2. The summed E-state index contributed by atoms with van der Waals surface area (Å²) in [6.45, 7) is 24.7. The quantitative estimate of drug-likeness (QED) is 0.0528. The van der Waals surface area contributed by atoms with Gasteiger partial charge in [-0.05, 0) is 97.7 Å². The van der Waals surface area contributed by atoms with Gasteiger partial charge in [0.2, 0.25) is 0 Å². The largest absolute Gasteiger partial charge is 0.497 e. The van der Waals surface area contributed by atoms with Gasteiger partial charge < -0.3 is 28.1 Å². The molecule has 0 spiro atoms. The van der Waals surface area contributed by atoms with E-state index in [1.54, 1.807) is 7.11 Å². The van der Waals surface area contributed by atoms with Gasteiger partial charge in [0.05, 0.1) is 32.0 Å². The molecule has 4 atom stereocenters. The van der Waals surface area contributed by atoms with E-state index in [0.717, 1.165) is 34.0 Å². The third-order valence-corrected chi connectivity index (χ3v) is 18.1. The molecule has 61 heavy (non-hydrogen) atoms. The van der Waals surface area contributed by atoms with Crippen LogP contribution in [0.5, 0.6) is 5.75 Å². The van der Waals surface area contributed by atoms with Crippen LogP contribution in [0.15, 0.2) is 115 Å². The zero-order chi connectivity index (χ0) is 44.4. The Morgan fingerprint density at radius 1 is 0.869 bits per heavy atom. The van der Waals surface area contributed by atoms with Crippen LogP contribution in [0.2, 0.25) is 30.7 Å². The summed E-state index contributed by atoms with van der Waals surface area (Å²) >= 11 is 0. The molecule has 0 bridgehead atoms. The molecule has 0 radical (unpaired) electrons. The number of rotatable bonds is 19. The van der Waals surface area contributed by atoms with Crippen LogP contribution in [0.25, 0.3) is 6.08 Å². The number of carbonyl (C=O) groups excluding carboxylic acids is 1. The van der Waals surface area contributed by atoms with Gasteiger partial charge in [-0.2, -0.15) is 0 Å². The zero-order valence-corrected chi connectivity index (χ0v) is 40.7. The maximum Gasteiger partial charge on any atom is 0.338 e. The Labute approximate surface area is 368 Å². The Morgan fingerprint density at radius 2 is 1.49 bits per heavy atom. The van der Waals surface area contributed by atoms with E-state index in [9.17, 15) is 4.79 Å². The number of hydrogen-bond acceptors (Lipinski definition) is 7. The summed E-state index contributed by atoms with van der Waals surface area (Å²) in [7, 11) is -2.43. The predicted octanol–water partition coefficient (Wildman–Crippen LogP) is 11.2. The summed E-state index contributed by atoms with van der Waals surface area (Å²) in [5, 5.41) is 2.38. The van der Waals surface area contributed by atoms with Crippen molar-refractivity contribution in [3.8, 4) is 5.75 Å². The van der Waals surface area contributed by atoms with Crippen LogP contribution >= 0.6 is 0 Å². The highest BCUT2D eigenvalue weighted by molar-refractivity contribution is 6.99. The molecule has 0 amide bonds. The maximum atomic E-state index is 13.4. The number of methoxy groups -OCH3 is 1. The van der Waals surface area contributed by atoms with Gasteiger partial charge in [-0.3, -0.25) is 0 Å². The van der Waals surface area contributed by atoms with Crippen molar-refractivity contribution in [3.63, 3.8) is 0 Å². The normalized spacial score (nSPS) is 18.1. The number of aryl methyl sites for hydroxylation is 2. The van der Waals surface area contributed by atoms with Gasteiger partial charge in [-0.15, -0.1) is 0 Å². The van der Waals surface area contributed by atoms with Crippen molar-refractivity contribution >= 4 is 38.8 Å². The summed E-state index contributed by atoms with van der Waals surface area (Å²) in [6.07, 6.45) is 8.39. The molecule has 4 aromatic carbocycles. The van der Waals surface area contributed by atoms with Crippen molar-refractivity contribution in [2.75, 3.05) is 13.7 Å². The van der Waals surface area contributed by atoms with Crippen LogP contribution in [-0.2, 0) is 30.0 Å². The van der Waals surface area contributed by atoms with Crippen molar-refractivity contribution in [1.29, 1.82) is 0 Å². The van der Waals surface area contributed by atoms with E-state index in [0.29, 0.717) is 31.6 Å². The van der Waals surface area contributed by atoms with Gasteiger partial charge in [-0.25, -0.2) is 4.79 Å². The molecule has 0 aliphatic carbocycles. The standard InChI is InChI=1S/C52H70O7Si2/c1-38-35-39(2)48(50(53)55-33-34-60(10,11)12)42(36-38)22-20-28-47-49(58-52(7,8)57-47)46(56-37-41-29-31-43(54-9)32-30-41)27-19-21-40(3)59-61(51(4,5)6,44-23-15-13-16-24-44)45-25-17-14-18-26-45/h13-20,22-27,29-32,35-36,40,46-47,49H,21,28,33-34,37H2,1-12H3/b22-20+,27-19-/t40-,46?,47-,49+/m0/s1. The van der Waals surface area contributed by atoms with E-state index in [4.69, 9.17) is 28.1 Å². The highest BCUT2D eigenvalue weighted by atomic mass is 28.4. The molecule has 5 rings (SSSR count). The second kappa shape index (κ2) is 20.8. The van der Waals surface area contributed by atoms with E-state index in [2.05, 4.69) is 133 Å². The second-order valence-electron chi connectivity index (χ2n) is 19.1. The average Bonchev–Trinajstić information content (AvgIpc) is 3.51. The molecule has 9 heteroatoms. The Morgan fingerprint density at radius 3 is 2.07 bits per heavy atom. The highest BCUT2D eigenvalue weighted by Gasteiger charge is 2.51. The fourth-order valence-corrected chi connectivity index (χ4v) is 13.6. The van der Waals surface area contributed by atoms with Gasteiger partial charge in [0.15, 0.2) is 5.79 Å². The Hall–Kier alpha value is -4.10. The van der Waals surface area contributed by atoms with E-state index in [1.165, 1.54) is 10.4 Å². The van der Waals surface area contributed by atoms with Crippen LogP contribution in [-0.4, -0.2) is 66.3 Å². The molecule has 1 saturated heterocycles. The number of carbonyl (C=O) groups is 1. The van der Waals surface area contributed by atoms with Gasteiger partial charge in [0.25, 0.3) is 8.32 Å². The summed E-state index contributed by atoms with van der Waals surface area (Å²) in [6, 6.07) is 34.5. The minimum Gasteiger partial charge on any atom is -0.497 e.